The molecule has 6 rings (SSSR count). The molecule has 0 aliphatic carbocycles. The molecule has 186 valence electrons. The fraction of sp³-hybridized carbons (Fsp3) is 0.360. The molecule has 2 aromatic carbocycles. The largest absolute Gasteiger partial charge is 0.489 e. The summed E-state index contributed by atoms with van der Waals surface area (Å²) in [5, 5.41) is 21.8. The highest BCUT2D eigenvalue weighted by atomic mass is 19.1. The number of benzene rings is 2. The van der Waals surface area contributed by atoms with Gasteiger partial charge in [-0.3, -0.25) is 14.6 Å². The number of H-pyrrole nitrogens is 1. The van der Waals surface area contributed by atoms with Crippen LogP contribution in [0.1, 0.15) is 13.8 Å². The van der Waals surface area contributed by atoms with Gasteiger partial charge in [-0.05, 0) is 44.2 Å². The average molecular weight is 492 g/mol. The van der Waals surface area contributed by atoms with Gasteiger partial charge < -0.3 is 14.7 Å². The molecule has 1 saturated heterocycles. The molecule has 0 amide bonds. The first kappa shape index (κ1) is 22.6. The second-order valence-corrected chi connectivity index (χ2v) is 9.38. The average Bonchev–Trinajstić information content (AvgIpc) is 3.36. The number of rotatable bonds is 4. The number of hydrogen-bond donors (Lipinski definition) is 2. The Morgan fingerprint density at radius 1 is 1.25 bits per heavy atom. The molecule has 11 heteroatoms. The molecule has 2 aliphatic rings. The van der Waals surface area contributed by atoms with Crippen molar-refractivity contribution < 1.29 is 14.2 Å². The minimum Gasteiger partial charge on any atom is -0.489 e. The Kier molecular flexibility index (Phi) is 5.27. The third kappa shape index (κ3) is 3.30. The topological polar surface area (TPSA) is 112 Å². The molecule has 0 radical (unpaired) electrons. The van der Waals surface area contributed by atoms with Crippen LogP contribution in [0.15, 0.2) is 41.7 Å². The number of nitrogens with one attached hydrogen (secondary N) is 1. The fourth-order valence-electron chi connectivity index (χ4n) is 5.43. The smallest absolute Gasteiger partial charge is 0.350 e. The highest BCUT2D eigenvalue weighted by Gasteiger charge is 2.34. The molecule has 4 aromatic rings. The Bertz CT molecular complexity index is 1570. The van der Waals surface area contributed by atoms with Gasteiger partial charge in [-0.1, -0.05) is 11.8 Å². The second-order valence-electron chi connectivity index (χ2n) is 9.38. The maximum atomic E-state index is 15.1. The fourth-order valence-corrected chi connectivity index (χ4v) is 5.43. The lowest BCUT2D eigenvalue weighted by molar-refractivity contribution is 0.0000473. The van der Waals surface area contributed by atoms with Gasteiger partial charge in [-0.2, -0.15) is 4.98 Å². The van der Waals surface area contributed by atoms with E-state index in [1.54, 1.807) is 16.7 Å². The Morgan fingerprint density at radius 3 is 2.89 bits per heavy atom. The van der Waals surface area contributed by atoms with Crippen molar-refractivity contribution in [2.45, 2.75) is 38.7 Å². The molecular weight excluding hydrogens is 465 g/mol. The van der Waals surface area contributed by atoms with Crippen molar-refractivity contribution in [3.8, 4) is 16.9 Å². The van der Waals surface area contributed by atoms with Crippen molar-refractivity contribution in [3.05, 3.63) is 53.2 Å². The standard InChI is InChI=1S/C25H26FN7O3/c1-4-19(34)32-11-14(3)33(12-13(32)2)24-16-6-5-15(20-17(26)7-8-18-21(20)29-30-28-18)23-22(16)31(9-10-36-23)25(35)27-24/h4-8,13-14,19,34H,1,9-12H2,2-3H3,(H,28,29,30)/t13-,14+,19?/m1/s1. The van der Waals surface area contributed by atoms with Crippen LogP contribution in [-0.4, -0.2) is 73.0 Å². The lowest BCUT2D eigenvalue weighted by Gasteiger charge is -2.46. The zero-order valence-corrected chi connectivity index (χ0v) is 20.0. The van der Waals surface area contributed by atoms with Crippen molar-refractivity contribution in [1.82, 2.24) is 29.9 Å². The van der Waals surface area contributed by atoms with Crippen LogP contribution in [0, 0.1) is 5.82 Å². The van der Waals surface area contributed by atoms with Gasteiger partial charge in [0.05, 0.1) is 23.1 Å². The molecule has 0 bridgehead atoms. The van der Waals surface area contributed by atoms with E-state index < -0.39 is 12.0 Å². The van der Waals surface area contributed by atoms with E-state index in [1.165, 1.54) is 12.1 Å². The van der Waals surface area contributed by atoms with Gasteiger partial charge in [0, 0.05) is 36.1 Å². The van der Waals surface area contributed by atoms with E-state index in [-0.39, 0.29) is 29.9 Å². The number of piperazine rings is 1. The summed E-state index contributed by atoms with van der Waals surface area (Å²) in [7, 11) is 0. The van der Waals surface area contributed by atoms with Gasteiger partial charge in [0.25, 0.3) is 0 Å². The summed E-state index contributed by atoms with van der Waals surface area (Å²) >= 11 is 0. The first-order chi connectivity index (χ1) is 17.4. The minimum atomic E-state index is -0.746. The van der Waals surface area contributed by atoms with Crippen LogP contribution in [0.3, 0.4) is 0 Å². The van der Waals surface area contributed by atoms with Crippen LogP contribution in [0.5, 0.6) is 5.75 Å². The molecule has 36 heavy (non-hydrogen) atoms. The molecule has 1 fully saturated rings. The van der Waals surface area contributed by atoms with Gasteiger partial charge in [0.1, 0.15) is 30.0 Å². The Labute approximate surface area is 205 Å². The number of anilines is 1. The number of nitrogens with zero attached hydrogens (tertiary/aromatic N) is 6. The molecule has 2 aromatic heterocycles. The number of aliphatic hydroxyl groups excluding tert-OH is 1. The van der Waals surface area contributed by atoms with Crippen LogP contribution < -0.4 is 15.3 Å². The van der Waals surface area contributed by atoms with Gasteiger partial charge in [-0.15, -0.1) is 5.10 Å². The second kappa shape index (κ2) is 8.38. The molecule has 10 nitrogen and oxygen atoms in total. The lowest BCUT2D eigenvalue weighted by atomic mass is 9.99. The van der Waals surface area contributed by atoms with E-state index >= 15 is 4.39 Å². The lowest BCUT2D eigenvalue weighted by Crippen LogP contribution is -2.59. The summed E-state index contributed by atoms with van der Waals surface area (Å²) in [6.45, 7) is 9.50. The first-order valence-corrected chi connectivity index (χ1v) is 11.9. The van der Waals surface area contributed by atoms with Gasteiger partial charge >= 0.3 is 5.69 Å². The van der Waals surface area contributed by atoms with E-state index in [0.29, 0.717) is 53.3 Å². The van der Waals surface area contributed by atoms with Crippen molar-refractivity contribution in [2.24, 2.45) is 0 Å². The molecule has 0 spiro atoms. The van der Waals surface area contributed by atoms with Crippen LogP contribution in [0.2, 0.25) is 0 Å². The highest BCUT2D eigenvalue weighted by Crippen LogP contribution is 2.43. The number of fused-ring (bicyclic) bond motifs is 1. The first-order valence-electron chi connectivity index (χ1n) is 11.9. The predicted octanol–water partition coefficient (Wildman–Crippen LogP) is 2.27. The van der Waals surface area contributed by atoms with Gasteiger partial charge in [0.15, 0.2) is 5.75 Å². The van der Waals surface area contributed by atoms with E-state index in [1.807, 2.05) is 24.8 Å². The number of halogens is 1. The molecule has 3 atom stereocenters. The molecule has 2 aliphatic heterocycles. The third-order valence-corrected chi connectivity index (χ3v) is 7.21. The molecule has 0 saturated carbocycles. The van der Waals surface area contributed by atoms with Gasteiger partial charge in [-0.25, -0.2) is 9.18 Å². The van der Waals surface area contributed by atoms with Crippen LogP contribution in [0.25, 0.3) is 33.1 Å². The van der Waals surface area contributed by atoms with Crippen LogP contribution in [-0.2, 0) is 6.54 Å². The Morgan fingerprint density at radius 2 is 2.08 bits per heavy atom. The third-order valence-electron chi connectivity index (χ3n) is 7.21. The Hall–Kier alpha value is -3.83. The number of ether oxygens (including phenoxy) is 1. The molecule has 2 N–H and O–H groups in total. The van der Waals surface area contributed by atoms with Crippen molar-refractivity contribution >= 4 is 27.8 Å². The van der Waals surface area contributed by atoms with E-state index in [4.69, 9.17) is 4.74 Å². The predicted molar refractivity (Wildman–Crippen MR) is 134 cm³/mol. The molecular formula is C25H26FN7O3. The maximum absolute atomic E-state index is 15.1. The number of aliphatic hydroxyl groups is 1. The summed E-state index contributed by atoms with van der Waals surface area (Å²) < 4.78 is 22.8. The molecule has 1 unspecified atom stereocenters. The molecule has 4 heterocycles. The van der Waals surface area contributed by atoms with Crippen molar-refractivity contribution in [1.29, 1.82) is 0 Å². The van der Waals surface area contributed by atoms with Crippen LogP contribution >= 0.6 is 0 Å². The number of hydrogen-bond acceptors (Lipinski definition) is 8. The summed E-state index contributed by atoms with van der Waals surface area (Å²) in [6.07, 6.45) is 0.768. The van der Waals surface area contributed by atoms with Gasteiger partial charge in [0.2, 0.25) is 0 Å². The summed E-state index contributed by atoms with van der Waals surface area (Å²) in [4.78, 5) is 21.8. The van der Waals surface area contributed by atoms with Crippen molar-refractivity contribution in [2.75, 3.05) is 24.6 Å². The normalized spacial score (nSPS) is 21.1. The zero-order chi connectivity index (χ0) is 25.1. The summed E-state index contributed by atoms with van der Waals surface area (Å²) in [6, 6.07) is 6.57. The highest BCUT2D eigenvalue weighted by molar-refractivity contribution is 6.02. The van der Waals surface area contributed by atoms with Crippen LogP contribution in [0.4, 0.5) is 10.2 Å². The Balaban J connectivity index is 1.55. The number of aromatic amines is 1. The van der Waals surface area contributed by atoms with E-state index in [9.17, 15) is 9.90 Å². The summed E-state index contributed by atoms with van der Waals surface area (Å²) in [5.41, 5.74) is 1.97. The quantitative estimate of drug-likeness (QED) is 0.418. The summed E-state index contributed by atoms with van der Waals surface area (Å²) in [5.74, 6) is 0.524. The minimum absolute atomic E-state index is 0.00440. The zero-order valence-electron chi connectivity index (χ0n) is 20.0. The SMILES string of the molecule is C=CC(O)N1C[C@H](C)N(c2nc(=O)n3c4c(c(-c5c(F)ccc6[nH]nnc56)ccc24)OCC3)C[C@H]1C. The maximum Gasteiger partial charge on any atom is 0.350 e. The van der Waals surface area contributed by atoms with Crippen molar-refractivity contribution in [3.63, 3.8) is 0 Å². The monoisotopic (exact) mass is 491 g/mol. The number of aromatic nitrogens is 5. The van der Waals surface area contributed by atoms with E-state index in [0.717, 1.165) is 5.39 Å². The van der Waals surface area contributed by atoms with E-state index in [2.05, 4.69) is 31.9 Å².